The van der Waals surface area contributed by atoms with Crippen molar-refractivity contribution in [1.29, 1.82) is 0 Å². The SMILES string of the molecule is O=C(CSc1ccccc1Cl)NC(CCO)C1CC1. The third-order valence-electron chi connectivity index (χ3n) is 3.17. The Bertz CT molecular complexity index is 437. The van der Waals surface area contributed by atoms with E-state index in [9.17, 15) is 4.79 Å². The molecular formula is C14H18ClNO2S. The molecule has 5 heteroatoms. The lowest BCUT2D eigenvalue weighted by Gasteiger charge is -2.17. The van der Waals surface area contributed by atoms with Gasteiger partial charge in [0.1, 0.15) is 0 Å². The van der Waals surface area contributed by atoms with Crippen molar-refractivity contribution in [2.24, 2.45) is 5.92 Å². The molecule has 1 amide bonds. The zero-order valence-corrected chi connectivity index (χ0v) is 12.2. The lowest BCUT2D eigenvalue weighted by Crippen LogP contribution is -2.38. The maximum atomic E-state index is 11.9. The first-order valence-electron chi connectivity index (χ1n) is 6.48. The Morgan fingerprint density at radius 1 is 1.47 bits per heavy atom. The predicted molar refractivity (Wildman–Crippen MR) is 78.5 cm³/mol. The fraction of sp³-hybridized carbons (Fsp3) is 0.500. The van der Waals surface area contributed by atoms with Crippen LogP contribution in [0.1, 0.15) is 19.3 Å². The average molecular weight is 300 g/mol. The van der Waals surface area contributed by atoms with Gasteiger partial charge in [0.15, 0.2) is 0 Å². The number of aliphatic hydroxyl groups excluding tert-OH is 1. The summed E-state index contributed by atoms with van der Waals surface area (Å²) in [4.78, 5) is 12.8. The number of nitrogens with one attached hydrogen (secondary N) is 1. The van der Waals surface area contributed by atoms with Crippen LogP contribution in [0.15, 0.2) is 29.2 Å². The number of carbonyl (C=O) groups excluding carboxylic acids is 1. The van der Waals surface area contributed by atoms with Crippen LogP contribution in [0.4, 0.5) is 0 Å². The Hall–Kier alpha value is -0.710. The maximum absolute atomic E-state index is 11.9. The van der Waals surface area contributed by atoms with Gasteiger partial charge in [-0.25, -0.2) is 0 Å². The second-order valence-corrected chi connectivity index (χ2v) is 6.17. The molecule has 1 unspecified atom stereocenters. The molecule has 1 aromatic carbocycles. The van der Waals surface area contributed by atoms with Crippen molar-refractivity contribution < 1.29 is 9.90 Å². The van der Waals surface area contributed by atoms with E-state index in [0.29, 0.717) is 23.1 Å². The lowest BCUT2D eigenvalue weighted by atomic mass is 10.1. The summed E-state index contributed by atoms with van der Waals surface area (Å²) in [6, 6.07) is 7.64. The highest BCUT2D eigenvalue weighted by molar-refractivity contribution is 8.00. The smallest absolute Gasteiger partial charge is 0.230 e. The molecule has 3 nitrogen and oxygen atoms in total. The predicted octanol–water partition coefficient (Wildman–Crippen LogP) is 2.71. The van der Waals surface area contributed by atoms with Crippen molar-refractivity contribution in [3.8, 4) is 0 Å². The van der Waals surface area contributed by atoms with Crippen LogP contribution in [-0.2, 0) is 4.79 Å². The van der Waals surface area contributed by atoms with Gasteiger partial charge in [-0.15, -0.1) is 11.8 Å². The van der Waals surface area contributed by atoms with Gasteiger partial charge in [-0.3, -0.25) is 4.79 Å². The number of amides is 1. The van der Waals surface area contributed by atoms with E-state index in [4.69, 9.17) is 16.7 Å². The van der Waals surface area contributed by atoms with Crippen molar-refractivity contribution in [1.82, 2.24) is 5.32 Å². The molecule has 0 radical (unpaired) electrons. The van der Waals surface area contributed by atoms with Crippen molar-refractivity contribution >= 4 is 29.3 Å². The summed E-state index contributed by atoms with van der Waals surface area (Å²) >= 11 is 7.48. The van der Waals surface area contributed by atoms with Crippen LogP contribution in [-0.4, -0.2) is 29.4 Å². The zero-order chi connectivity index (χ0) is 13.7. The fourth-order valence-electron chi connectivity index (χ4n) is 2.02. The van der Waals surface area contributed by atoms with Crippen LogP contribution in [0.2, 0.25) is 5.02 Å². The Labute approximate surface area is 122 Å². The first-order valence-corrected chi connectivity index (χ1v) is 7.84. The molecule has 1 aliphatic carbocycles. The van der Waals surface area contributed by atoms with E-state index in [1.54, 1.807) is 0 Å². The summed E-state index contributed by atoms with van der Waals surface area (Å²) in [7, 11) is 0. The van der Waals surface area contributed by atoms with Gasteiger partial charge in [-0.1, -0.05) is 23.7 Å². The molecule has 0 aliphatic heterocycles. The minimum absolute atomic E-state index is 0.00951. The molecule has 1 atom stereocenters. The van der Waals surface area contributed by atoms with Crippen molar-refractivity contribution in [2.45, 2.75) is 30.2 Å². The molecule has 104 valence electrons. The van der Waals surface area contributed by atoms with Gasteiger partial charge in [-0.2, -0.15) is 0 Å². The van der Waals surface area contributed by atoms with Crippen LogP contribution in [0, 0.1) is 5.92 Å². The van der Waals surface area contributed by atoms with Gasteiger partial charge in [0.05, 0.1) is 10.8 Å². The molecule has 1 fully saturated rings. The van der Waals surface area contributed by atoms with E-state index in [-0.39, 0.29) is 18.6 Å². The highest BCUT2D eigenvalue weighted by Gasteiger charge is 2.31. The summed E-state index contributed by atoms with van der Waals surface area (Å²) < 4.78 is 0. The van der Waals surface area contributed by atoms with Crippen LogP contribution in [0.3, 0.4) is 0 Å². The Balaban J connectivity index is 1.79. The number of thioether (sulfide) groups is 1. The molecule has 1 aromatic rings. The molecule has 1 aliphatic rings. The van der Waals surface area contributed by atoms with E-state index < -0.39 is 0 Å². The number of rotatable bonds is 7. The monoisotopic (exact) mass is 299 g/mol. The van der Waals surface area contributed by atoms with Crippen LogP contribution in [0.25, 0.3) is 0 Å². The molecule has 0 spiro atoms. The van der Waals surface area contributed by atoms with E-state index in [2.05, 4.69) is 5.32 Å². The normalized spacial score (nSPS) is 16.1. The van der Waals surface area contributed by atoms with E-state index in [1.807, 2.05) is 24.3 Å². The summed E-state index contributed by atoms with van der Waals surface area (Å²) in [5, 5.41) is 12.7. The topological polar surface area (TPSA) is 49.3 Å². The number of halogens is 1. The standard InChI is InChI=1S/C14H18ClNO2S/c15-11-3-1-2-4-13(11)19-9-14(18)16-12(7-8-17)10-5-6-10/h1-4,10,12,17H,5-9H2,(H,16,18). The van der Waals surface area contributed by atoms with Crippen molar-refractivity contribution in [3.63, 3.8) is 0 Å². The van der Waals surface area contributed by atoms with Gasteiger partial charge in [0, 0.05) is 17.5 Å². The fourth-order valence-corrected chi connectivity index (χ4v) is 3.07. The second kappa shape index (κ2) is 7.17. The Morgan fingerprint density at radius 2 is 2.21 bits per heavy atom. The molecule has 19 heavy (non-hydrogen) atoms. The summed E-state index contributed by atoms with van der Waals surface area (Å²) in [6.07, 6.45) is 2.96. The first-order chi connectivity index (χ1) is 9.20. The third kappa shape index (κ3) is 4.71. The molecule has 0 bridgehead atoms. The van der Waals surface area contributed by atoms with Crippen LogP contribution in [0.5, 0.6) is 0 Å². The van der Waals surface area contributed by atoms with Crippen LogP contribution >= 0.6 is 23.4 Å². The number of benzene rings is 1. The Morgan fingerprint density at radius 3 is 2.84 bits per heavy atom. The highest BCUT2D eigenvalue weighted by atomic mass is 35.5. The molecule has 1 saturated carbocycles. The van der Waals surface area contributed by atoms with E-state index in [1.165, 1.54) is 11.8 Å². The summed E-state index contributed by atoms with van der Waals surface area (Å²) in [6.45, 7) is 0.124. The molecule has 2 N–H and O–H groups in total. The molecule has 0 saturated heterocycles. The second-order valence-electron chi connectivity index (χ2n) is 4.74. The molecule has 0 aromatic heterocycles. The minimum atomic E-state index is 0.00951. The number of hydrogen-bond acceptors (Lipinski definition) is 3. The third-order valence-corrected chi connectivity index (χ3v) is 4.69. The van der Waals surface area contributed by atoms with E-state index >= 15 is 0 Å². The maximum Gasteiger partial charge on any atom is 0.230 e. The molecule has 2 rings (SSSR count). The largest absolute Gasteiger partial charge is 0.396 e. The molecular weight excluding hydrogens is 282 g/mol. The minimum Gasteiger partial charge on any atom is -0.396 e. The quantitative estimate of drug-likeness (QED) is 0.761. The van der Waals surface area contributed by atoms with Gasteiger partial charge in [-0.05, 0) is 37.3 Å². The van der Waals surface area contributed by atoms with Crippen molar-refractivity contribution in [3.05, 3.63) is 29.3 Å². The Kier molecular flexibility index (Phi) is 5.55. The number of aliphatic hydroxyl groups is 1. The average Bonchev–Trinajstić information content (AvgIpc) is 3.21. The van der Waals surface area contributed by atoms with Gasteiger partial charge >= 0.3 is 0 Å². The van der Waals surface area contributed by atoms with Crippen LogP contribution < -0.4 is 5.32 Å². The number of carbonyl (C=O) groups is 1. The molecule has 0 heterocycles. The highest BCUT2D eigenvalue weighted by Crippen LogP contribution is 2.34. The van der Waals surface area contributed by atoms with Gasteiger partial charge in [0.2, 0.25) is 5.91 Å². The summed E-state index contributed by atoms with van der Waals surface area (Å²) in [5.41, 5.74) is 0. The zero-order valence-electron chi connectivity index (χ0n) is 10.6. The lowest BCUT2D eigenvalue weighted by molar-refractivity contribution is -0.119. The van der Waals surface area contributed by atoms with Gasteiger partial charge < -0.3 is 10.4 Å². The first kappa shape index (κ1) is 14.7. The summed E-state index contributed by atoms with van der Waals surface area (Å²) in [5.74, 6) is 0.926. The van der Waals surface area contributed by atoms with Crippen molar-refractivity contribution in [2.75, 3.05) is 12.4 Å². The number of hydrogen-bond donors (Lipinski definition) is 2. The van der Waals surface area contributed by atoms with Gasteiger partial charge in [0.25, 0.3) is 0 Å². The van der Waals surface area contributed by atoms with E-state index in [0.717, 1.165) is 17.7 Å².